The van der Waals surface area contributed by atoms with E-state index in [1.807, 2.05) is 0 Å². The molecule has 0 bridgehead atoms. The van der Waals surface area contributed by atoms with Crippen LogP contribution in [0.5, 0.6) is 0 Å². The van der Waals surface area contributed by atoms with Gasteiger partial charge in [-0.15, -0.1) is 0 Å². The lowest BCUT2D eigenvalue weighted by Gasteiger charge is -2.17. The van der Waals surface area contributed by atoms with Gasteiger partial charge in [0, 0.05) is 0 Å². The van der Waals surface area contributed by atoms with Crippen LogP contribution in [-0.4, -0.2) is 22.4 Å². The van der Waals surface area contributed by atoms with Crippen LogP contribution in [0.2, 0.25) is 0 Å². The van der Waals surface area contributed by atoms with Crippen LogP contribution in [0.3, 0.4) is 0 Å². The molecule has 0 aromatic rings. The van der Waals surface area contributed by atoms with Crippen LogP contribution in [0.25, 0.3) is 0 Å². The summed E-state index contributed by atoms with van der Waals surface area (Å²) in [4.78, 5) is 0. The van der Waals surface area contributed by atoms with Gasteiger partial charge in [0.05, 0.1) is 12.2 Å². The summed E-state index contributed by atoms with van der Waals surface area (Å²) in [6.07, 6.45) is 9.86. The van der Waals surface area contributed by atoms with Crippen LogP contribution in [-0.2, 0) is 0 Å². The Balaban J connectivity index is 3.38. The van der Waals surface area contributed by atoms with E-state index in [0.717, 1.165) is 25.7 Å². The Kier molecular flexibility index (Phi) is 11.3. The Morgan fingerprint density at radius 3 is 1.31 bits per heavy atom. The summed E-state index contributed by atoms with van der Waals surface area (Å²) in [5.74, 6) is 0. The SMILES string of the molecule is CCCCCC[C@@H](O)[C@H](O)CCCCCC. The minimum absolute atomic E-state index is 0.501. The fourth-order valence-electron chi connectivity index (χ4n) is 1.95. The van der Waals surface area contributed by atoms with Gasteiger partial charge in [0.1, 0.15) is 0 Å². The molecule has 0 aliphatic heterocycles. The van der Waals surface area contributed by atoms with Crippen LogP contribution >= 0.6 is 0 Å². The quantitative estimate of drug-likeness (QED) is 0.532. The van der Waals surface area contributed by atoms with E-state index < -0.39 is 12.2 Å². The second-order valence-corrected chi connectivity index (χ2v) is 4.83. The highest BCUT2D eigenvalue weighted by atomic mass is 16.3. The third kappa shape index (κ3) is 9.17. The van der Waals surface area contributed by atoms with Gasteiger partial charge >= 0.3 is 0 Å². The lowest BCUT2D eigenvalue weighted by molar-refractivity contribution is 0.00715. The Morgan fingerprint density at radius 2 is 1.00 bits per heavy atom. The summed E-state index contributed by atoms with van der Waals surface area (Å²) in [5.41, 5.74) is 0. The average Bonchev–Trinajstić information content (AvgIpc) is 2.29. The van der Waals surface area contributed by atoms with Gasteiger partial charge in [0.2, 0.25) is 0 Å². The fraction of sp³-hybridized carbons (Fsp3) is 1.00. The van der Waals surface area contributed by atoms with Crippen molar-refractivity contribution in [2.45, 2.75) is 90.3 Å². The van der Waals surface area contributed by atoms with Crippen molar-refractivity contribution in [3.8, 4) is 0 Å². The molecule has 0 saturated heterocycles. The lowest BCUT2D eigenvalue weighted by Crippen LogP contribution is -2.25. The summed E-state index contributed by atoms with van der Waals surface area (Å²) in [7, 11) is 0. The summed E-state index contributed by atoms with van der Waals surface area (Å²) in [6, 6.07) is 0. The van der Waals surface area contributed by atoms with E-state index in [4.69, 9.17) is 0 Å². The zero-order valence-corrected chi connectivity index (χ0v) is 11.1. The molecule has 16 heavy (non-hydrogen) atoms. The third-order valence-electron chi connectivity index (χ3n) is 3.15. The van der Waals surface area contributed by atoms with E-state index in [0.29, 0.717) is 0 Å². The smallest absolute Gasteiger partial charge is 0.0799 e. The molecule has 0 aromatic carbocycles. The summed E-state index contributed by atoms with van der Waals surface area (Å²) < 4.78 is 0. The molecule has 0 unspecified atom stereocenters. The largest absolute Gasteiger partial charge is 0.390 e. The molecule has 0 aromatic heterocycles. The van der Waals surface area contributed by atoms with Gasteiger partial charge in [-0.2, -0.15) is 0 Å². The average molecular weight is 230 g/mol. The van der Waals surface area contributed by atoms with Gasteiger partial charge in [0.25, 0.3) is 0 Å². The zero-order valence-electron chi connectivity index (χ0n) is 11.1. The predicted octanol–water partition coefficient (Wildman–Crippen LogP) is 3.65. The number of rotatable bonds is 11. The van der Waals surface area contributed by atoms with Crippen molar-refractivity contribution in [2.75, 3.05) is 0 Å². The Hall–Kier alpha value is -0.0800. The Labute approximate surface area is 101 Å². The first-order valence-electron chi connectivity index (χ1n) is 7.08. The van der Waals surface area contributed by atoms with Crippen molar-refractivity contribution in [1.29, 1.82) is 0 Å². The van der Waals surface area contributed by atoms with Crippen LogP contribution in [0.1, 0.15) is 78.1 Å². The first-order valence-corrected chi connectivity index (χ1v) is 7.08. The first kappa shape index (κ1) is 15.9. The molecule has 2 N–H and O–H groups in total. The minimum atomic E-state index is -0.501. The van der Waals surface area contributed by atoms with E-state index in [9.17, 15) is 10.2 Å². The molecule has 0 spiro atoms. The number of aliphatic hydroxyl groups excluding tert-OH is 2. The third-order valence-corrected chi connectivity index (χ3v) is 3.15. The Bertz CT molecular complexity index is 121. The maximum Gasteiger partial charge on any atom is 0.0799 e. The molecule has 0 rings (SSSR count). The second kappa shape index (κ2) is 11.4. The first-order chi connectivity index (χ1) is 7.72. The van der Waals surface area contributed by atoms with Crippen LogP contribution in [0.4, 0.5) is 0 Å². The molecule has 0 aliphatic carbocycles. The highest BCUT2D eigenvalue weighted by molar-refractivity contribution is 4.67. The van der Waals surface area contributed by atoms with Crippen molar-refractivity contribution in [3.63, 3.8) is 0 Å². The van der Waals surface area contributed by atoms with Crippen LogP contribution in [0, 0.1) is 0 Å². The van der Waals surface area contributed by atoms with Gasteiger partial charge < -0.3 is 10.2 Å². The summed E-state index contributed by atoms with van der Waals surface area (Å²) >= 11 is 0. The molecule has 0 saturated carbocycles. The van der Waals surface area contributed by atoms with Crippen LogP contribution < -0.4 is 0 Å². The van der Waals surface area contributed by atoms with Crippen molar-refractivity contribution < 1.29 is 10.2 Å². The molecule has 0 radical (unpaired) electrons. The van der Waals surface area contributed by atoms with Gasteiger partial charge in [-0.3, -0.25) is 0 Å². The van der Waals surface area contributed by atoms with Gasteiger partial charge in [0.15, 0.2) is 0 Å². The minimum Gasteiger partial charge on any atom is -0.390 e. The lowest BCUT2D eigenvalue weighted by atomic mass is 10.0. The van der Waals surface area contributed by atoms with Crippen molar-refractivity contribution in [1.82, 2.24) is 0 Å². The van der Waals surface area contributed by atoms with Crippen molar-refractivity contribution in [2.24, 2.45) is 0 Å². The van der Waals surface area contributed by atoms with E-state index in [1.165, 1.54) is 38.5 Å². The van der Waals surface area contributed by atoms with E-state index in [-0.39, 0.29) is 0 Å². The predicted molar refractivity (Wildman–Crippen MR) is 69.5 cm³/mol. The topological polar surface area (TPSA) is 40.5 Å². The second-order valence-electron chi connectivity index (χ2n) is 4.83. The molecule has 2 nitrogen and oxygen atoms in total. The van der Waals surface area contributed by atoms with Gasteiger partial charge in [-0.05, 0) is 12.8 Å². The zero-order chi connectivity index (χ0) is 12.2. The molecule has 0 amide bonds. The van der Waals surface area contributed by atoms with E-state index >= 15 is 0 Å². The highest BCUT2D eigenvalue weighted by Gasteiger charge is 2.14. The van der Waals surface area contributed by atoms with E-state index in [1.54, 1.807) is 0 Å². The summed E-state index contributed by atoms with van der Waals surface area (Å²) in [5, 5.41) is 19.4. The number of hydrogen-bond donors (Lipinski definition) is 2. The fourth-order valence-corrected chi connectivity index (χ4v) is 1.95. The Morgan fingerprint density at radius 1 is 0.625 bits per heavy atom. The normalized spacial score (nSPS) is 15.0. The number of hydrogen-bond acceptors (Lipinski definition) is 2. The maximum atomic E-state index is 9.72. The van der Waals surface area contributed by atoms with Gasteiger partial charge in [-0.1, -0.05) is 65.2 Å². The summed E-state index contributed by atoms with van der Waals surface area (Å²) in [6.45, 7) is 4.36. The number of aliphatic hydroxyl groups is 2. The molecule has 0 aliphatic rings. The molecule has 2 atom stereocenters. The molecule has 0 fully saturated rings. The van der Waals surface area contributed by atoms with Crippen molar-refractivity contribution >= 4 is 0 Å². The molecule has 0 heterocycles. The van der Waals surface area contributed by atoms with Gasteiger partial charge in [-0.25, -0.2) is 0 Å². The number of unbranched alkanes of at least 4 members (excludes halogenated alkanes) is 6. The van der Waals surface area contributed by atoms with Crippen LogP contribution in [0.15, 0.2) is 0 Å². The maximum absolute atomic E-state index is 9.72. The highest BCUT2D eigenvalue weighted by Crippen LogP contribution is 2.13. The monoisotopic (exact) mass is 230 g/mol. The van der Waals surface area contributed by atoms with E-state index in [2.05, 4.69) is 13.8 Å². The molecular weight excluding hydrogens is 200 g/mol. The standard InChI is InChI=1S/C14H30O2/c1-3-5-7-9-11-13(15)14(16)12-10-8-6-4-2/h13-16H,3-12H2,1-2H3/t13-,14-/m1/s1. The molecular formula is C14H30O2. The molecule has 98 valence electrons. The van der Waals surface area contributed by atoms with Crippen molar-refractivity contribution in [3.05, 3.63) is 0 Å². The molecule has 2 heteroatoms.